The predicted octanol–water partition coefficient (Wildman–Crippen LogP) is 3.66. The van der Waals surface area contributed by atoms with Gasteiger partial charge in [-0.1, -0.05) is 25.1 Å². The maximum Gasteiger partial charge on any atom is 0.129 e. The lowest BCUT2D eigenvalue weighted by molar-refractivity contribution is 0.584. The third-order valence-corrected chi connectivity index (χ3v) is 3.54. The van der Waals surface area contributed by atoms with Crippen LogP contribution in [0.5, 0.6) is 0 Å². The second-order valence-electron chi connectivity index (χ2n) is 5.02. The van der Waals surface area contributed by atoms with E-state index in [1.54, 1.807) is 12.4 Å². The summed E-state index contributed by atoms with van der Waals surface area (Å²) >= 11 is 0. The molecule has 1 heterocycles. The van der Waals surface area contributed by atoms with Gasteiger partial charge >= 0.3 is 0 Å². The molecular formula is C17H18FN3. The SMILES string of the molecule is CCCNCc1c(F)cccc1-n1cnc2ccccc21. The van der Waals surface area contributed by atoms with Crippen LogP contribution >= 0.6 is 0 Å². The first-order valence-electron chi connectivity index (χ1n) is 7.22. The summed E-state index contributed by atoms with van der Waals surface area (Å²) in [4.78, 5) is 4.38. The Hall–Kier alpha value is -2.20. The van der Waals surface area contributed by atoms with E-state index in [9.17, 15) is 4.39 Å². The van der Waals surface area contributed by atoms with Gasteiger partial charge in [0.1, 0.15) is 12.1 Å². The number of para-hydroxylation sites is 2. The smallest absolute Gasteiger partial charge is 0.129 e. The molecule has 0 spiro atoms. The van der Waals surface area contributed by atoms with E-state index >= 15 is 0 Å². The van der Waals surface area contributed by atoms with Crippen LogP contribution in [0.3, 0.4) is 0 Å². The van der Waals surface area contributed by atoms with Gasteiger partial charge in [-0.05, 0) is 37.2 Å². The number of rotatable bonds is 5. The van der Waals surface area contributed by atoms with Crippen LogP contribution in [-0.4, -0.2) is 16.1 Å². The summed E-state index contributed by atoms with van der Waals surface area (Å²) in [7, 11) is 0. The van der Waals surface area contributed by atoms with Gasteiger partial charge in [0.05, 0.1) is 16.7 Å². The fourth-order valence-electron chi connectivity index (χ4n) is 2.49. The minimum atomic E-state index is -0.186. The standard InChI is InChI=1S/C17H18FN3/c1-2-10-19-11-13-14(18)6-5-9-16(13)21-12-20-15-7-3-4-8-17(15)21/h3-9,12,19H,2,10-11H2,1H3. The monoisotopic (exact) mass is 283 g/mol. The van der Waals surface area contributed by atoms with Crippen molar-refractivity contribution in [2.24, 2.45) is 0 Å². The highest BCUT2D eigenvalue weighted by molar-refractivity contribution is 5.77. The molecule has 0 bridgehead atoms. The van der Waals surface area contributed by atoms with Crippen molar-refractivity contribution in [3.63, 3.8) is 0 Å². The van der Waals surface area contributed by atoms with Crippen LogP contribution in [0.1, 0.15) is 18.9 Å². The first-order valence-corrected chi connectivity index (χ1v) is 7.22. The van der Waals surface area contributed by atoms with Crippen molar-refractivity contribution >= 4 is 11.0 Å². The summed E-state index contributed by atoms with van der Waals surface area (Å²) in [6.45, 7) is 3.49. The van der Waals surface area contributed by atoms with Crippen molar-refractivity contribution in [1.82, 2.24) is 14.9 Å². The molecule has 0 aliphatic rings. The molecule has 3 aromatic rings. The van der Waals surface area contributed by atoms with Gasteiger partial charge in [0.2, 0.25) is 0 Å². The van der Waals surface area contributed by atoms with E-state index in [-0.39, 0.29) is 5.82 Å². The lowest BCUT2D eigenvalue weighted by atomic mass is 10.1. The van der Waals surface area contributed by atoms with Crippen molar-refractivity contribution in [2.75, 3.05) is 6.54 Å². The minimum absolute atomic E-state index is 0.186. The third kappa shape index (κ3) is 2.67. The first-order chi connectivity index (χ1) is 10.3. The van der Waals surface area contributed by atoms with Crippen molar-refractivity contribution in [3.05, 3.63) is 60.2 Å². The average molecular weight is 283 g/mol. The number of imidazole rings is 1. The van der Waals surface area contributed by atoms with Crippen LogP contribution in [0.2, 0.25) is 0 Å². The van der Waals surface area contributed by atoms with Gasteiger partial charge in [-0.25, -0.2) is 9.37 Å². The molecular weight excluding hydrogens is 265 g/mol. The summed E-state index contributed by atoms with van der Waals surface area (Å²) in [5, 5.41) is 3.27. The summed E-state index contributed by atoms with van der Waals surface area (Å²) in [5.74, 6) is -0.186. The number of hydrogen-bond acceptors (Lipinski definition) is 2. The molecule has 4 heteroatoms. The Morgan fingerprint density at radius 3 is 2.86 bits per heavy atom. The average Bonchev–Trinajstić information content (AvgIpc) is 2.93. The Kier molecular flexibility index (Phi) is 3.97. The van der Waals surface area contributed by atoms with E-state index in [1.807, 2.05) is 34.9 Å². The van der Waals surface area contributed by atoms with Gasteiger partial charge < -0.3 is 5.32 Å². The maximum absolute atomic E-state index is 14.2. The molecule has 0 fully saturated rings. The molecule has 3 rings (SSSR count). The number of hydrogen-bond donors (Lipinski definition) is 1. The Labute approximate surface area is 123 Å². The van der Waals surface area contributed by atoms with Crippen molar-refractivity contribution < 1.29 is 4.39 Å². The second-order valence-corrected chi connectivity index (χ2v) is 5.02. The van der Waals surface area contributed by atoms with Crippen LogP contribution < -0.4 is 5.32 Å². The van der Waals surface area contributed by atoms with Gasteiger partial charge in [0.25, 0.3) is 0 Å². The fourth-order valence-corrected chi connectivity index (χ4v) is 2.49. The fraction of sp³-hybridized carbons (Fsp3) is 0.235. The van der Waals surface area contributed by atoms with Crippen molar-refractivity contribution in [3.8, 4) is 5.69 Å². The van der Waals surface area contributed by atoms with E-state index in [2.05, 4.69) is 17.2 Å². The topological polar surface area (TPSA) is 29.9 Å². The number of halogens is 1. The lowest BCUT2D eigenvalue weighted by Gasteiger charge is -2.13. The number of nitrogens with one attached hydrogen (secondary N) is 1. The predicted molar refractivity (Wildman–Crippen MR) is 83.0 cm³/mol. The van der Waals surface area contributed by atoms with E-state index in [1.165, 1.54) is 6.07 Å². The largest absolute Gasteiger partial charge is 0.312 e. The second kappa shape index (κ2) is 6.06. The van der Waals surface area contributed by atoms with E-state index in [4.69, 9.17) is 0 Å². The third-order valence-electron chi connectivity index (χ3n) is 3.54. The van der Waals surface area contributed by atoms with E-state index in [0.29, 0.717) is 12.1 Å². The zero-order valence-electron chi connectivity index (χ0n) is 12.0. The molecule has 21 heavy (non-hydrogen) atoms. The van der Waals surface area contributed by atoms with Gasteiger partial charge in [-0.2, -0.15) is 0 Å². The number of benzene rings is 2. The van der Waals surface area contributed by atoms with Gasteiger partial charge in [-0.3, -0.25) is 4.57 Å². The van der Waals surface area contributed by atoms with Gasteiger partial charge in [0, 0.05) is 12.1 Å². The maximum atomic E-state index is 14.2. The lowest BCUT2D eigenvalue weighted by Crippen LogP contribution is -2.16. The normalized spacial score (nSPS) is 11.1. The summed E-state index contributed by atoms with van der Waals surface area (Å²) < 4.78 is 16.1. The van der Waals surface area contributed by atoms with Crippen LogP contribution in [0, 0.1) is 5.82 Å². The highest BCUT2D eigenvalue weighted by Crippen LogP contribution is 2.23. The van der Waals surface area contributed by atoms with Crippen LogP contribution in [0.25, 0.3) is 16.7 Å². The molecule has 0 amide bonds. The number of fused-ring (bicyclic) bond motifs is 1. The van der Waals surface area contributed by atoms with E-state index in [0.717, 1.165) is 29.7 Å². The highest BCUT2D eigenvalue weighted by atomic mass is 19.1. The Morgan fingerprint density at radius 2 is 2.00 bits per heavy atom. The molecule has 0 aliphatic carbocycles. The summed E-state index contributed by atoms with van der Waals surface area (Å²) in [5.41, 5.74) is 3.41. The Bertz CT molecular complexity index is 749. The van der Waals surface area contributed by atoms with Gasteiger partial charge in [-0.15, -0.1) is 0 Å². The Balaban J connectivity index is 2.07. The summed E-state index contributed by atoms with van der Waals surface area (Å²) in [6.07, 6.45) is 2.78. The molecule has 108 valence electrons. The molecule has 3 nitrogen and oxygen atoms in total. The first kappa shape index (κ1) is 13.8. The zero-order valence-corrected chi connectivity index (χ0v) is 12.0. The molecule has 0 atom stereocenters. The molecule has 0 radical (unpaired) electrons. The van der Waals surface area contributed by atoms with Crippen molar-refractivity contribution in [1.29, 1.82) is 0 Å². The van der Waals surface area contributed by atoms with Gasteiger partial charge in [0.15, 0.2) is 0 Å². The Morgan fingerprint density at radius 1 is 1.14 bits per heavy atom. The molecule has 1 N–H and O–H groups in total. The molecule has 0 aliphatic heterocycles. The van der Waals surface area contributed by atoms with Crippen LogP contribution in [0.4, 0.5) is 4.39 Å². The van der Waals surface area contributed by atoms with E-state index < -0.39 is 0 Å². The molecule has 0 saturated carbocycles. The highest BCUT2D eigenvalue weighted by Gasteiger charge is 2.12. The number of aromatic nitrogens is 2. The van der Waals surface area contributed by atoms with Crippen LogP contribution in [0.15, 0.2) is 48.8 Å². The van der Waals surface area contributed by atoms with Crippen molar-refractivity contribution in [2.45, 2.75) is 19.9 Å². The molecule has 0 unspecified atom stereocenters. The van der Waals surface area contributed by atoms with Crippen LogP contribution in [-0.2, 0) is 6.54 Å². The zero-order chi connectivity index (χ0) is 14.7. The molecule has 0 saturated heterocycles. The quantitative estimate of drug-likeness (QED) is 0.724. The molecule has 2 aromatic carbocycles. The molecule has 1 aromatic heterocycles. The summed E-state index contributed by atoms with van der Waals surface area (Å²) in [6, 6.07) is 13.1. The number of nitrogens with zero attached hydrogens (tertiary/aromatic N) is 2. The minimum Gasteiger partial charge on any atom is -0.312 e.